The van der Waals surface area contributed by atoms with Crippen molar-refractivity contribution in [2.24, 2.45) is 0 Å². The normalized spacial score (nSPS) is 13.9. The molecule has 1 unspecified atom stereocenters. The SMILES string of the molecule is CNC(CCc1cccs1)COCC(F)(F)F. The van der Waals surface area contributed by atoms with Gasteiger partial charge in [-0.1, -0.05) is 6.07 Å². The molecule has 0 saturated heterocycles. The van der Waals surface area contributed by atoms with Crippen LogP contribution in [0.3, 0.4) is 0 Å². The van der Waals surface area contributed by atoms with Crippen LogP contribution in [0.2, 0.25) is 0 Å². The first-order chi connectivity index (χ1) is 8.01. The van der Waals surface area contributed by atoms with Crippen LogP contribution in [-0.4, -0.2) is 32.5 Å². The molecule has 0 bridgehead atoms. The molecule has 0 radical (unpaired) electrons. The van der Waals surface area contributed by atoms with Crippen LogP contribution in [0, 0.1) is 0 Å². The van der Waals surface area contributed by atoms with Crippen LogP contribution >= 0.6 is 11.3 Å². The summed E-state index contributed by atoms with van der Waals surface area (Å²) >= 11 is 1.65. The highest BCUT2D eigenvalue weighted by Gasteiger charge is 2.27. The number of hydrogen-bond acceptors (Lipinski definition) is 3. The molecule has 98 valence electrons. The number of likely N-dealkylation sites (N-methyl/N-ethyl adjacent to an activating group) is 1. The molecule has 1 N–H and O–H groups in total. The minimum Gasteiger partial charge on any atom is -0.370 e. The van der Waals surface area contributed by atoms with Gasteiger partial charge >= 0.3 is 6.18 Å². The van der Waals surface area contributed by atoms with Gasteiger partial charge in [0.05, 0.1) is 6.61 Å². The Morgan fingerprint density at radius 2 is 2.24 bits per heavy atom. The third kappa shape index (κ3) is 6.65. The molecule has 0 spiro atoms. The highest BCUT2D eigenvalue weighted by atomic mass is 32.1. The maximum atomic E-state index is 11.9. The predicted octanol–water partition coefficient (Wildman–Crippen LogP) is 2.85. The zero-order valence-electron chi connectivity index (χ0n) is 9.59. The summed E-state index contributed by atoms with van der Waals surface area (Å²) in [6.45, 7) is -1.09. The van der Waals surface area contributed by atoms with E-state index in [1.165, 1.54) is 4.88 Å². The lowest BCUT2D eigenvalue weighted by atomic mass is 10.1. The average molecular weight is 267 g/mol. The van der Waals surface area contributed by atoms with Gasteiger partial charge in [-0.2, -0.15) is 13.2 Å². The quantitative estimate of drug-likeness (QED) is 0.820. The number of ether oxygens (including phenoxy) is 1. The molecule has 2 nitrogen and oxygen atoms in total. The van der Waals surface area contributed by atoms with E-state index < -0.39 is 12.8 Å². The summed E-state index contributed by atoms with van der Waals surface area (Å²) in [6.07, 6.45) is -2.61. The van der Waals surface area contributed by atoms with Gasteiger partial charge < -0.3 is 10.1 Å². The van der Waals surface area contributed by atoms with E-state index in [4.69, 9.17) is 0 Å². The number of halogens is 3. The van der Waals surface area contributed by atoms with E-state index in [9.17, 15) is 13.2 Å². The van der Waals surface area contributed by atoms with Crippen LogP contribution in [0.1, 0.15) is 11.3 Å². The molecule has 17 heavy (non-hydrogen) atoms. The molecule has 0 fully saturated rings. The Bertz CT molecular complexity index is 300. The van der Waals surface area contributed by atoms with E-state index in [-0.39, 0.29) is 12.6 Å². The van der Waals surface area contributed by atoms with Crippen LogP contribution < -0.4 is 5.32 Å². The van der Waals surface area contributed by atoms with E-state index >= 15 is 0 Å². The van der Waals surface area contributed by atoms with Crippen LogP contribution in [0.4, 0.5) is 13.2 Å². The third-order valence-electron chi connectivity index (χ3n) is 2.31. The lowest BCUT2D eigenvalue weighted by molar-refractivity contribution is -0.175. The summed E-state index contributed by atoms with van der Waals surface area (Å²) in [4.78, 5) is 1.24. The van der Waals surface area contributed by atoms with E-state index in [0.717, 1.165) is 12.8 Å². The molecule has 1 aromatic heterocycles. The topological polar surface area (TPSA) is 21.3 Å². The molecular weight excluding hydrogens is 251 g/mol. The molecule has 0 aromatic carbocycles. The van der Waals surface area contributed by atoms with E-state index in [1.807, 2.05) is 17.5 Å². The highest BCUT2D eigenvalue weighted by Crippen LogP contribution is 2.15. The van der Waals surface area contributed by atoms with Crippen molar-refractivity contribution in [1.29, 1.82) is 0 Å². The molecule has 0 aliphatic heterocycles. The number of nitrogens with one attached hydrogen (secondary N) is 1. The molecule has 1 aromatic rings. The first kappa shape index (κ1) is 14.5. The Balaban J connectivity index is 2.20. The van der Waals surface area contributed by atoms with Crippen LogP contribution in [0.25, 0.3) is 0 Å². The Morgan fingerprint density at radius 3 is 2.76 bits per heavy atom. The molecule has 1 rings (SSSR count). The van der Waals surface area contributed by atoms with Gasteiger partial charge in [0.15, 0.2) is 0 Å². The molecule has 1 atom stereocenters. The fourth-order valence-corrected chi connectivity index (χ4v) is 2.12. The van der Waals surface area contributed by atoms with Gasteiger partial charge in [-0.05, 0) is 31.3 Å². The van der Waals surface area contributed by atoms with Crippen LogP contribution in [0.15, 0.2) is 17.5 Å². The third-order valence-corrected chi connectivity index (χ3v) is 3.25. The Labute approximate surface area is 103 Å². The first-order valence-electron chi connectivity index (χ1n) is 5.35. The monoisotopic (exact) mass is 267 g/mol. The van der Waals surface area contributed by atoms with Crippen molar-refractivity contribution in [2.75, 3.05) is 20.3 Å². The Kier molecular flexibility index (Phi) is 5.94. The Hall–Kier alpha value is -0.590. The maximum absolute atomic E-state index is 11.9. The fourth-order valence-electron chi connectivity index (χ4n) is 1.40. The van der Waals surface area contributed by atoms with Crippen LogP contribution in [-0.2, 0) is 11.2 Å². The number of alkyl halides is 3. The zero-order chi connectivity index (χ0) is 12.7. The second-order valence-electron chi connectivity index (χ2n) is 3.73. The fraction of sp³-hybridized carbons (Fsp3) is 0.636. The summed E-state index contributed by atoms with van der Waals surface area (Å²) in [6, 6.07) is 3.95. The molecule has 0 amide bonds. The largest absolute Gasteiger partial charge is 0.411 e. The van der Waals surface area contributed by atoms with Gasteiger partial charge in [0, 0.05) is 10.9 Å². The standard InChI is InChI=1S/C11H16F3NOS/c1-15-9(7-16-8-11(12,13)14)4-5-10-3-2-6-17-10/h2-3,6,9,15H,4-5,7-8H2,1H3. The summed E-state index contributed by atoms with van der Waals surface area (Å²) in [5.41, 5.74) is 0. The van der Waals surface area contributed by atoms with Crippen LogP contribution in [0.5, 0.6) is 0 Å². The first-order valence-corrected chi connectivity index (χ1v) is 6.23. The van der Waals surface area contributed by atoms with Crippen molar-refractivity contribution < 1.29 is 17.9 Å². The van der Waals surface area contributed by atoms with Gasteiger partial charge in [0.2, 0.25) is 0 Å². The van der Waals surface area contributed by atoms with Crippen molar-refractivity contribution in [3.05, 3.63) is 22.4 Å². The van der Waals surface area contributed by atoms with Crippen molar-refractivity contribution >= 4 is 11.3 Å². The van der Waals surface area contributed by atoms with Gasteiger partial charge in [-0.15, -0.1) is 11.3 Å². The summed E-state index contributed by atoms with van der Waals surface area (Å²) < 4.78 is 40.3. The number of rotatable bonds is 7. The smallest absolute Gasteiger partial charge is 0.370 e. The predicted molar refractivity (Wildman–Crippen MR) is 62.4 cm³/mol. The van der Waals surface area contributed by atoms with E-state index in [1.54, 1.807) is 18.4 Å². The molecule has 6 heteroatoms. The lowest BCUT2D eigenvalue weighted by Gasteiger charge is -2.16. The van der Waals surface area contributed by atoms with Crippen molar-refractivity contribution in [3.8, 4) is 0 Å². The summed E-state index contributed by atoms with van der Waals surface area (Å²) in [7, 11) is 1.73. The van der Waals surface area contributed by atoms with Gasteiger partial charge in [0.25, 0.3) is 0 Å². The average Bonchev–Trinajstić information content (AvgIpc) is 2.74. The number of hydrogen-bond donors (Lipinski definition) is 1. The van der Waals surface area contributed by atoms with Gasteiger partial charge in [0.1, 0.15) is 6.61 Å². The van der Waals surface area contributed by atoms with Gasteiger partial charge in [-0.3, -0.25) is 0 Å². The zero-order valence-corrected chi connectivity index (χ0v) is 10.4. The minimum atomic E-state index is -4.24. The summed E-state index contributed by atoms with van der Waals surface area (Å²) in [5.74, 6) is 0. The lowest BCUT2D eigenvalue weighted by Crippen LogP contribution is -2.32. The summed E-state index contributed by atoms with van der Waals surface area (Å²) in [5, 5.41) is 4.95. The second-order valence-corrected chi connectivity index (χ2v) is 4.77. The van der Waals surface area contributed by atoms with E-state index in [0.29, 0.717) is 0 Å². The van der Waals surface area contributed by atoms with E-state index in [2.05, 4.69) is 10.1 Å². The van der Waals surface area contributed by atoms with Crippen molar-refractivity contribution in [1.82, 2.24) is 5.32 Å². The number of thiophene rings is 1. The molecule has 1 heterocycles. The Morgan fingerprint density at radius 1 is 1.47 bits per heavy atom. The molecule has 0 aliphatic rings. The molecule has 0 saturated carbocycles. The van der Waals surface area contributed by atoms with Crippen molar-refractivity contribution in [3.63, 3.8) is 0 Å². The highest BCUT2D eigenvalue weighted by molar-refractivity contribution is 7.09. The number of aryl methyl sites for hydroxylation is 1. The van der Waals surface area contributed by atoms with Gasteiger partial charge in [-0.25, -0.2) is 0 Å². The molecule has 0 aliphatic carbocycles. The maximum Gasteiger partial charge on any atom is 0.411 e. The second kappa shape index (κ2) is 6.98. The minimum absolute atomic E-state index is 0.0422. The molecular formula is C11H16F3NOS. The van der Waals surface area contributed by atoms with Crippen molar-refractivity contribution in [2.45, 2.75) is 25.1 Å².